The first-order valence-electron chi connectivity index (χ1n) is 13.9. The van der Waals surface area contributed by atoms with Crippen LogP contribution in [0.1, 0.15) is 15.9 Å². The Morgan fingerprint density at radius 3 is 2.35 bits per heavy atom. The number of nitrogens with one attached hydrogen (secondary N) is 3. The fraction of sp³-hybridized carbons (Fsp3) is 0.118. The predicted octanol–water partition coefficient (Wildman–Crippen LogP) is 6.46. The molecule has 1 heterocycles. The van der Waals surface area contributed by atoms with Crippen molar-refractivity contribution in [2.75, 3.05) is 37.7 Å². The van der Waals surface area contributed by atoms with Crippen molar-refractivity contribution < 1.29 is 28.6 Å². The highest BCUT2D eigenvalue weighted by atomic mass is 32.2. The smallest absolute Gasteiger partial charge is 0.272 e. The van der Waals surface area contributed by atoms with Gasteiger partial charge < -0.3 is 30.2 Å². The molecule has 0 radical (unpaired) electrons. The van der Waals surface area contributed by atoms with Crippen molar-refractivity contribution in [1.29, 1.82) is 0 Å². The molecule has 0 aliphatic heterocycles. The second kappa shape index (κ2) is 15.1. The van der Waals surface area contributed by atoms with Gasteiger partial charge in [-0.25, -0.2) is 4.98 Å². The number of hydrogen-bond donors (Lipinski definition) is 3. The maximum Gasteiger partial charge on any atom is 0.272 e. The Morgan fingerprint density at radius 2 is 1.63 bits per heavy atom. The van der Waals surface area contributed by atoms with Gasteiger partial charge in [0.25, 0.3) is 11.8 Å². The van der Waals surface area contributed by atoms with Gasteiger partial charge >= 0.3 is 0 Å². The fourth-order valence-corrected chi connectivity index (χ4v) is 5.96. The quantitative estimate of drug-likeness (QED) is 0.103. The third-order valence-electron chi connectivity index (χ3n) is 6.59. The van der Waals surface area contributed by atoms with Crippen molar-refractivity contribution in [2.24, 2.45) is 0 Å². The summed E-state index contributed by atoms with van der Waals surface area (Å²) in [5.74, 6) is 0.620. The van der Waals surface area contributed by atoms with Crippen molar-refractivity contribution >= 4 is 67.9 Å². The van der Waals surface area contributed by atoms with E-state index in [-0.39, 0.29) is 17.4 Å². The first-order valence-corrected chi connectivity index (χ1v) is 15.7. The number of carbonyl (C=O) groups excluding carboxylic acids is 3. The largest absolute Gasteiger partial charge is 0.497 e. The molecule has 0 unspecified atom stereocenters. The van der Waals surface area contributed by atoms with Gasteiger partial charge in [0, 0.05) is 21.7 Å². The van der Waals surface area contributed by atoms with E-state index < -0.39 is 11.8 Å². The van der Waals surface area contributed by atoms with Gasteiger partial charge in [0.15, 0.2) is 16.6 Å². The Hall–Kier alpha value is -5.33. The lowest BCUT2D eigenvalue weighted by Crippen LogP contribution is -2.30. The van der Waals surface area contributed by atoms with Gasteiger partial charge in [-0.3, -0.25) is 14.4 Å². The zero-order chi connectivity index (χ0) is 32.5. The number of rotatable bonds is 12. The molecule has 0 fully saturated rings. The highest BCUT2D eigenvalue weighted by molar-refractivity contribution is 8.00. The molecular weight excluding hydrogens is 625 g/mol. The molecule has 1 aromatic heterocycles. The minimum Gasteiger partial charge on any atom is -0.497 e. The molecule has 0 aliphatic carbocycles. The molecule has 5 rings (SSSR count). The SMILES string of the molecule is COc1ccc2nc(NC(=O)CSc3ccc(NC(=O)/C(=C/c4cccc(OC)c4OC)NC(=O)c4ccccc4)cc3)sc2c1. The van der Waals surface area contributed by atoms with E-state index in [1.807, 2.05) is 18.2 Å². The monoisotopic (exact) mass is 654 g/mol. The van der Waals surface area contributed by atoms with Gasteiger partial charge in [-0.1, -0.05) is 41.7 Å². The Morgan fingerprint density at radius 1 is 0.848 bits per heavy atom. The van der Waals surface area contributed by atoms with Gasteiger partial charge in [-0.15, -0.1) is 11.8 Å². The lowest BCUT2D eigenvalue weighted by Gasteiger charge is -2.14. The fourth-order valence-electron chi connectivity index (χ4n) is 4.35. The number of ether oxygens (including phenoxy) is 3. The molecule has 5 aromatic rings. The Kier molecular flexibility index (Phi) is 10.5. The van der Waals surface area contributed by atoms with Crippen LogP contribution in [0.2, 0.25) is 0 Å². The second-order valence-corrected chi connectivity index (χ2v) is 11.7. The number of para-hydroxylation sites is 1. The van der Waals surface area contributed by atoms with Crippen LogP contribution in [0.4, 0.5) is 10.8 Å². The summed E-state index contributed by atoms with van der Waals surface area (Å²) in [7, 11) is 4.62. The molecule has 234 valence electrons. The maximum absolute atomic E-state index is 13.5. The molecule has 10 nitrogen and oxygen atoms in total. The van der Waals surface area contributed by atoms with Crippen LogP contribution < -0.4 is 30.2 Å². The highest BCUT2D eigenvalue weighted by Crippen LogP contribution is 2.32. The third-order valence-corrected chi connectivity index (χ3v) is 8.53. The molecule has 4 aromatic carbocycles. The molecule has 12 heteroatoms. The average Bonchev–Trinajstić information content (AvgIpc) is 3.49. The van der Waals surface area contributed by atoms with Crippen LogP contribution in [0.3, 0.4) is 0 Å². The Bertz CT molecular complexity index is 1890. The zero-order valence-corrected chi connectivity index (χ0v) is 26.8. The van der Waals surface area contributed by atoms with Crippen molar-refractivity contribution in [2.45, 2.75) is 4.90 Å². The summed E-state index contributed by atoms with van der Waals surface area (Å²) >= 11 is 2.72. The van der Waals surface area contributed by atoms with Gasteiger partial charge in [0.1, 0.15) is 11.4 Å². The van der Waals surface area contributed by atoms with Gasteiger partial charge in [0.05, 0.1) is 37.3 Å². The molecule has 3 N–H and O–H groups in total. The average molecular weight is 655 g/mol. The van der Waals surface area contributed by atoms with Crippen LogP contribution in [0.15, 0.2) is 102 Å². The number of hydrogen-bond acceptors (Lipinski definition) is 9. The van der Waals surface area contributed by atoms with Crippen molar-refractivity contribution in [3.63, 3.8) is 0 Å². The Labute approximate surface area is 273 Å². The molecule has 3 amide bonds. The van der Waals surface area contributed by atoms with Crippen LogP contribution in [0.25, 0.3) is 16.3 Å². The van der Waals surface area contributed by atoms with Crippen LogP contribution in [0.5, 0.6) is 17.2 Å². The second-order valence-electron chi connectivity index (χ2n) is 9.63. The number of thiazole rings is 1. The van der Waals surface area contributed by atoms with E-state index in [4.69, 9.17) is 14.2 Å². The number of benzene rings is 4. The first-order chi connectivity index (χ1) is 22.4. The molecular formula is C34H30N4O6S2. The summed E-state index contributed by atoms with van der Waals surface area (Å²) in [6, 6.07) is 26.4. The van der Waals surface area contributed by atoms with Crippen LogP contribution in [-0.4, -0.2) is 49.8 Å². The number of anilines is 2. The van der Waals surface area contributed by atoms with Crippen LogP contribution in [0, 0.1) is 0 Å². The zero-order valence-electron chi connectivity index (χ0n) is 25.2. The summed E-state index contributed by atoms with van der Waals surface area (Å²) < 4.78 is 17.1. The van der Waals surface area contributed by atoms with Gasteiger partial charge in [-0.05, 0) is 66.7 Å². The molecule has 0 saturated carbocycles. The topological polar surface area (TPSA) is 128 Å². The van der Waals surface area contributed by atoms with E-state index in [0.29, 0.717) is 33.4 Å². The van der Waals surface area contributed by atoms with E-state index in [0.717, 1.165) is 20.9 Å². The molecule has 46 heavy (non-hydrogen) atoms. The van der Waals surface area contributed by atoms with Crippen molar-refractivity contribution in [3.05, 3.63) is 108 Å². The first kappa shape index (κ1) is 32.1. The number of methoxy groups -OCH3 is 3. The maximum atomic E-state index is 13.5. The summed E-state index contributed by atoms with van der Waals surface area (Å²) in [5, 5.41) is 8.92. The third kappa shape index (κ3) is 8.03. The number of fused-ring (bicyclic) bond motifs is 1. The number of aromatic nitrogens is 1. The molecule has 0 atom stereocenters. The lowest BCUT2D eigenvalue weighted by molar-refractivity contribution is -0.114. The van der Waals surface area contributed by atoms with Gasteiger partial charge in [-0.2, -0.15) is 0 Å². The lowest BCUT2D eigenvalue weighted by atomic mass is 10.1. The molecule has 0 bridgehead atoms. The molecule has 0 aliphatic rings. The van der Waals surface area contributed by atoms with E-state index >= 15 is 0 Å². The number of thioether (sulfide) groups is 1. The summed E-state index contributed by atoms with van der Waals surface area (Å²) in [5.41, 5.74) is 2.22. The number of amides is 3. The van der Waals surface area contributed by atoms with Crippen molar-refractivity contribution in [3.8, 4) is 17.2 Å². The number of carbonyl (C=O) groups is 3. The predicted molar refractivity (Wildman–Crippen MR) is 182 cm³/mol. The minimum absolute atomic E-state index is 0.00354. The van der Waals surface area contributed by atoms with Crippen molar-refractivity contribution in [1.82, 2.24) is 10.3 Å². The highest BCUT2D eigenvalue weighted by Gasteiger charge is 2.18. The van der Waals surface area contributed by atoms with Crippen LogP contribution >= 0.6 is 23.1 Å². The van der Waals surface area contributed by atoms with E-state index in [2.05, 4.69) is 20.9 Å². The Balaban J connectivity index is 1.25. The standard InChI is InChI=1S/C34H30N4O6S2/c1-42-24-14-17-26-29(19-24)46-34(37-26)38-30(39)20-45-25-15-12-23(13-16-25)35-33(41)27(36-32(40)21-8-5-4-6-9-21)18-22-10-7-11-28(43-2)31(22)44-3/h4-19H,20H2,1-3H3,(H,35,41)(H,36,40)(H,37,38,39)/b27-18-. The van der Waals surface area contributed by atoms with Crippen LogP contribution in [-0.2, 0) is 9.59 Å². The summed E-state index contributed by atoms with van der Waals surface area (Å²) in [4.78, 5) is 44.4. The minimum atomic E-state index is -0.539. The summed E-state index contributed by atoms with van der Waals surface area (Å²) in [6.07, 6.45) is 1.53. The van der Waals surface area contributed by atoms with E-state index in [1.54, 1.807) is 79.9 Å². The summed E-state index contributed by atoms with van der Waals surface area (Å²) in [6.45, 7) is 0. The van der Waals surface area contributed by atoms with E-state index in [9.17, 15) is 14.4 Å². The molecule has 0 saturated heterocycles. The van der Waals surface area contributed by atoms with Gasteiger partial charge in [0.2, 0.25) is 5.91 Å². The van der Waals surface area contributed by atoms with E-state index in [1.165, 1.54) is 43.4 Å². The normalized spacial score (nSPS) is 11.1. The molecule has 0 spiro atoms. The number of nitrogens with zero attached hydrogens (tertiary/aromatic N) is 1.